The van der Waals surface area contributed by atoms with Crippen molar-refractivity contribution in [3.05, 3.63) is 29.3 Å². The van der Waals surface area contributed by atoms with Gasteiger partial charge in [-0.05, 0) is 48.9 Å². The van der Waals surface area contributed by atoms with Crippen molar-refractivity contribution < 1.29 is 4.74 Å². The molecule has 98 valence electrons. The molecule has 1 heterocycles. The molecule has 1 aliphatic carbocycles. The number of nitrogens with zero attached hydrogens (tertiary/aromatic N) is 1. The maximum absolute atomic E-state index is 5.86. The average Bonchev–Trinajstić information content (AvgIpc) is 2.81. The van der Waals surface area contributed by atoms with Crippen LogP contribution in [0, 0.1) is 0 Å². The Bertz CT molecular complexity index is 433. The molecular weight excluding hydrogens is 224 g/mol. The van der Waals surface area contributed by atoms with Gasteiger partial charge in [-0.3, -0.25) is 4.90 Å². The Hall–Kier alpha value is -1.06. The van der Waals surface area contributed by atoms with Gasteiger partial charge in [-0.25, -0.2) is 0 Å². The highest BCUT2D eigenvalue weighted by atomic mass is 16.5. The number of rotatable bonds is 2. The summed E-state index contributed by atoms with van der Waals surface area (Å²) in [6, 6.07) is 7.01. The third kappa shape index (κ3) is 2.25. The van der Waals surface area contributed by atoms with Crippen LogP contribution in [0.15, 0.2) is 18.2 Å². The van der Waals surface area contributed by atoms with E-state index in [-0.39, 0.29) is 0 Å². The van der Waals surface area contributed by atoms with Crippen LogP contribution in [0.2, 0.25) is 0 Å². The molecular formula is C15H22N2O. The number of hydrogen-bond acceptors (Lipinski definition) is 3. The van der Waals surface area contributed by atoms with E-state index < -0.39 is 0 Å². The van der Waals surface area contributed by atoms with Crippen molar-refractivity contribution in [2.24, 2.45) is 0 Å². The standard InChI is InChI=1S/C15H22N2O/c1-18-15-4-2-3-14(8-15)17-9-11-5-6-13(16)7-12(11)10-17/h5-7,14-15H,2-4,8-10,16H2,1H3. The number of methoxy groups -OCH3 is 1. The lowest BCUT2D eigenvalue weighted by Crippen LogP contribution is -2.37. The van der Waals surface area contributed by atoms with Gasteiger partial charge in [-0.1, -0.05) is 6.07 Å². The summed E-state index contributed by atoms with van der Waals surface area (Å²) >= 11 is 0. The predicted octanol–water partition coefficient (Wildman–Crippen LogP) is 2.54. The molecule has 2 unspecified atom stereocenters. The van der Waals surface area contributed by atoms with Crippen LogP contribution in [0.5, 0.6) is 0 Å². The Morgan fingerprint density at radius 1 is 1.22 bits per heavy atom. The number of nitrogens with two attached hydrogens (primary N) is 1. The van der Waals surface area contributed by atoms with Gasteiger partial charge in [0.2, 0.25) is 0 Å². The highest BCUT2D eigenvalue weighted by Crippen LogP contribution is 2.32. The quantitative estimate of drug-likeness (QED) is 0.815. The molecule has 0 aromatic heterocycles. The number of nitrogen functional groups attached to an aromatic ring is 1. The van der Waals surface area contributed by atoms with Gasteiger partial charge in [-0.15, -0.1) is 0 Å². The second kappa shape index (κ2) is 4.90. The molecule has 1 aromatic rings. The smallest absolute Gasteiger partial charge is 0.0586 e. The summed E-state index contributed by atoms with van der Waals surface area (Å²) in [5.74, 6) is 0. The molecule has 1 saturated carbocycles. The minimum absolute atomic E-state index is 0.456. The normalized spacial score (nSPS) is 28.3. The Balaban J connectivity index is 1.69. The van der Waals surface area contributed by atoms with Crippen LogP contribution >= 0.6 is 0 Å². The number of fused-ring (bicyclic) bond motifs is 1. The summed E-state index contributed by atoms with van der Waals surface area (Å²) < 4.78 is 5.53. The highest BCUT2D eigenvalue weighted by molar-refractivity contribution is 5.46. The molecule has 0 saturated heterocycles. The van der Waals surface area contributed by atoms with Crippen LogP contribution in [-0.4, -0.2) is 24.2 Å². The fourth-order valence-corrected chi connectivity index (χ4v) is 3.37. The first-order valence-electron chi connectivity index (χ1n) is 6.90. The number of ether oxygens (including phenoxy) is 1. The lowest BCUT2D eigenvalue weighted by Gasteiger charge is -2.34. The Labute approximate surface area is 109 Å². The SMILES string of the molecule is COC1CCCC(N2Cc3ccc(N)cc3C2)C1. The van der Waals surface area contributed by atoms with E-state index >= 15 is 0 Å². The third-order valence-corrected chi connectivity index (χ3v) is 4.43. The van der Waals surface area contributed by atoms with Crippen molar-refractivity contribution in [1.82, 2.24) is 4.90 Å². The number of anilines is 1. The minimum atomic E-state index is 0.456. The molecule has 2 aliphatic rings. The fourth-order valence-electron chi connectivity index (χ4n) is 3.37. The van der Waals surface area contributed by atoms with Gasteiger partial charge >= 0.3 is 0 Å². The molecule has 18 heavy (non-hydrogen) atoms. The summed E-state index contributed by atoms with van der Waals surface area (Å²) in [6.45, 7) is 2.14. The van der Waals surface area contributed by atoms with E-state index in [9.17, 15) is 0 Å². The second-order valence-electron chi connectivity index (χ2n) is 5.61. The van der Waals surface area contributed by atoms with E-state index in [2.05, 4.69) is 17.0 Å². The van der Waals surface area contributed by atoms with E-state index in [0.717, 1.165) is 18.8 Å². The van der Waals surface area contributed by atoms with Gasteiger partial charge in [0.1, 0.15) is 0 Å². The second-order valence-corrected chi connectivity index (χ2v) is 5.61. The van der Waals surface area contributed by atoms with Crippen molar-refractivity contribution in [3.63, 3.8) is 0 Å². The van der Waals surface area contributed by atoms with Crippen LogP contribution in [0.1, 0.15) is 36.8 Å². The minimum Gasteiger partial charge on any atom is -0.399 e. The Kier molecular flexibility index (Phi) is 3.27. The molecule has 0 radical (unpaired) electrons. The van der Waals surface area contributed by atoms with Crippen molar-refractivity contribution in [2.75, 3.05) is 12.8 Å². The van der Waals surface area contributed by atoms with Crippen LogP contribution < -0.4 is 5.73 Å². The molecule has 3 heteroatoms. The highest BCUT2D eigenvalue weighted by Gasteiger charge is 2.30. The van der Waals surface area contributed by atoms with Gasteiger partial charge < -0.3 is 10.5 Å². The third-order valence-electron chi connectivity index (χ3n) is 4.43. The van der Waals surface area contributed by atoms with Crippen molar-refractivity contribution in [1.29, 1.82) is 0 Å². The maximum Gasteiger partial charge on any atom is 0.0586 e. The molecule has 0 spiro atoms. The summed E-state index contributed by atoms with van der Waals surface area (Å²) in [4.78, 5) is 2.59. The molecule has 2 atom stereocenters. The fraction of sp³-hybridized carbons (Fsp3) is 0.600. The predicted molar refractivity (Wildman–Crippen MR) is 73.2 cm³/mol. The molecule has 3 nitrogen and oxygen atoms in total. The summed E-state index contributed by atoms with van der Waals surface area (Å²) in [6.07, 6.45) is 5.46. The van der Waals surface area contributed by atoms with Gasteiger partial charge in [-0.2, -0.15) is 0 Å². The van der Waals surface area contributed by atoms with Crippen molar-refractivity contribution in [2.45, 2.75) is 50.9 Å². The van der Waals surface area contributed by atoms with Gasteiger partial charge in [0, 0.05) is 31.9 Å². The Morgan fingerprint density at radius 2 is 2.06 bits per heavy atom. The molecule has 1 fully saturated rings. The molecule has 0 bridgehead atoms. The van der Waals surface area contributed by atoms with Crippen molar-refractivity contribution >= 4 is 5.69 Å². The largest absolute Gasteiger partial charge is 0.399 e. The monoisotopic (exact) mass is 246 g/mol. The van der Waals surface area contributed by atoms with E-state index in [4.69, 9.17) is 10.5 Å². The van der Waals surface area contributed by atoms with Crippen molar-refractivity contribution in [3.8, 4) is 0 Å². The Morgan fingerprint density at radius 3 is 2.89 bits per heavy atom. The van der Waals surface area contributed by atoms with Gasteiger partial charge in [0.05, 0.1) is 6.10 Å². The number of benzene rings is 1. The van der Waals surface area contributed by atoms with Crippen LogP contribution in [0.4, 0.5) is 5.69 Å². The maximum atomic E-state index is 5.86. The molecule has 1 aliphatic heterocycles. The first-order valence-corrected chi connectivity index (χ1v) is 6.90. The first-order chi connectivity index (χ1) is 8.76. The molecule has 1 aromatic carbocycles. The van der Waals surface area contributed by atoms with Gasteiger partial charge in [0.25, 0.3) is 0 Å². The van der Waals surface area contributed by atoms with E-state index in [1.165, 1.54) is 36.8 Å². The molecule has 3 rings (SSSR count). The average molecular weight is 246 g/mol. The first kappa shape index (κ1) is 12.0. The van der Waals surface area contributed by atoms with Crippen LogP contribution in [-0.2, 0) is 17.8 Å². The van der Waals surface area contributed by atoms with Gasteiger partial charge in [0.15, 0.2) is 0 Å². The topological polar surface area (TPSA) is 38.5 Å². The van der Waals surface area contributed by atoms with E-state index in [0.29, 0.717) is 12.1 Å². The summed E-state index contributed by atoms with van der Waals surface area (Å²) in [7, 11) is 1.84. The van der Waals surface area contributed by atoms with Crippen LogP contribution in [0.25, 0.3) is 0 Å². The zero-order chi connectivity index (χ0) is 12.5. The van der Waals surface area contributed by atoms with E-state index in [1.807, 2.05) is 13.2 Å². The lowest BCUT2D eigenvalue weighted by atomic mass is 9.92. The number of hydrogen-bond donors (Lipinski definition) is 1. The summed E-state index contributed by atoms with van der Waals surface area (Å²) in [5.41, 5.74) is 9.60. The zero-order valence-corrected chi connectivity index (χ0v) is 11.1. The summed E-state index contributed by atoms with van der Waals surface area (Å²) in [5, 5.41) is 0. The zero-order valence-electron chi connectivity index (χ0n) is 11.1. The lowest BCUT2D eigenvalue weighted by molar-refractivity contribution is 0.0267. The molecule has 0 amide bonds. The van der Waals surface area contributed by atoms with Crippen LogP contribution in [0.3, 0.4) is 0 Å². The van der Waals surface area contributed by atoms with E-state index in [1.54, 1.807) is 0 Å². The molecule has 2 N–H and O–H groups in total.